The molecule has 0 saturated carbocycles. The topological polar surface area (TPSA) is 76.7 Å². The monoisotopic (exact) mass is 390 g/mol. The summed E-state index contributed by atoms with van der Waals surface area (Å²) in [6.45, 7) is 2.75. The van der Waals surface area contributed by atoms with Crippen LogP contribution in [0.4, 0.5) is 11.4 Å². The van der Waals surface area contributed by atoms with Crippen LogP contribution in [0.1, 0.15) is 12.5 Å². The lowest BCUT2D eigenvalue weighted by Gasteiger charge is -2.11. The van der Waals surface area contributed by atoms with Crippen LogP contribution < -0.4 is 20.1 Å². The number of rotatable bonds is 7. The molecule has 0 fully saturated rings. The Balaban J connectivity index is 1.54. The number of para-hydroxylation sites is 2. The van der Waals surface area contributed by atoms with Crippen LogP contribution >= 0.6 is 0 Å². The van der Waals surface area contributed by atoms with Crippen molar-refractivity contribution < 1.29 is 19.1 Å². The van der Waals surface area contributed by atoms with E-state index >= 15 is 0 Å². The highest BCUT2D eigenvalue weighted by atomic mass is 16.5. The van der Waals surface area contributed by atoms with E-state index in [9.17, 15) is 9.59 Å². The van der Waals surface area contributed by atoms with Gasteiger partial charge in [0.05, 0.1) is 12.3 Å². The van der Waals surface area contributed by atoms with Crippen molar-refractivity contribution in [1.29, 1.82) is 0 Å². The Kier molecular flexibility index (Phi) is 6.84. The molecule has 29 heavy (non-hydrogen) atoms. The van der Waals surface area contributed by atoms with E-state index < -0.39 is 11.8 Å². The van der Waals surface area contributed by atoms with Gasteiger partial charge in [0.25, 0.3) is 0 Å². The fraction of sp³-hybridized carbons (Fsp3) is 0.130. The van der Waals surface area contributed by atoms with Crippen LogP contribution in [0.3, 0.4) is 0 Å². The Morgan fingerprint density at radius 2 is 1.41 bits per heavy atom. The smallest absolute Gasteiger partial charge is 0.314 e. The maximum absolute atomic E-state index is 12.2. The van der Waals surface area contributed by atoms with Crippen molar-refractivity contribution in [2.24, 2.45) is 0 Å². The molecule has 0 bridgehead atoms. The molecule has 0 aliphatic carbocycles. The lowest BCUT2D eigenvalue weighted by Crippen LogP contribution is -2.29. The van der Waals surface area contributed by atoms with Crippen LogP contribution in [0.25, 0.3) is 0 Å². The molecule has 0 unspecified atom stereocenters. The van der Waals surface area contributed by atoms with E-state index in [1.165, 1.54) is 0 Å². The highest BCUT2D eigenvalue weighted by molar-refractivity contribution is 6.43. The largest absolute Gasteiger partial charge is 0.492 e. The molecule has 3 rings (SSSR count). The van der Waals surface area contributed by atoms with E-state index in [4.69, 9.17) is 9.47 Å². The number of carbonyl (C=O) groups is 2. The molecule has 0 heterocycles. The highest BCUT2D eigenvalue weighted by Crippen LogP contribution is 2.23. The maximum Gasteiger partial charge on any atom is 0.314 e. The van der Waals surface area contributed by atoms with Gasteiger partial charge in [0.2, 0.25) is 0 Å². The molecule has 2 N–H and O–H groups in total. The third-order valence-corrected chi connectivity index (χ3v) is 4.00. The zero-order valence-corrected chi connectivity index (χ0v) is 16.1. The Hall–Kier alpha value is -3.80. The summed E-state index contributed by atoms with van der Waals surface area (Å²) in [7, 11) is 0. The van der Waals surface area contributed by atoms with E-state index in [2.05, 4.69) is 10.6 Å². The van der Waals surface area contributed by atoms with Crippen LogP contribution in [0.5, 0.6) is 11.5 Å². The van der Waals surface area contributed by atoms with Crippen molar-refractivity contribution in [3.8, 4) is 11.5 Å². The molecule has 3 aromatic rings. The lowest BCUT2D eigenvalue weighted by atomic mass is 10.2. The summed E-state index contributed by atoms with van der Waals surface area (Å²) < 4.78 is 11.2. The number of hydrogen-bond donors (Lipinski definition) is 2. The average Bonchev–Trinajstić information content (AvgIpc) is 2.75. The van der Waals surface area contributed by atoms with Gasteiger partial charge in [-0.1, -0.05) is 42.5 Å². The van der Waals surface area contributed by atoms with Gasteiger partial charge >= 0.3 is 11.8 Å². The normalized spacial score (nSPS) is 10.1. The van der Waals surface area contributed by atoms with Crippen molar-refractivity contribution in [3.05, 3.63) is 84.4 Å². The zero-order chi connectivity index (χ0) is 20.5. The van der Waals surface area contributed by atoms with Gasteiger partial charge < -0.3 is 20.1 Å². The summed E-state index contributed by atoms with van der Waals surface area (Å²) in [5.74, 6) is -0.367. The Bertz CT molecular complexity index is 956. The number of carbonyl (C=O) groups excluding carboxylic acids is 2. The predicted molar refractivity (Wildman–Crippen MR) is 112 cm³/mol. The second-order valence-electron chi connectivity index (χ2n) is 6.14. The molecule has 0 atom stereocenters. The third kappa shape index (κ3) is 5.84. The van der Waals surface area contributed by atoms with Crippen molar-refractivity contribution in [2.75, 3.05) is 17.2 Å². The molecule has 6 nitrogen and oxygen atoms in total. The highest BCUT2D eigenvalue weighted by Gasteiger charge is 2.16. The first kappa shape index (κ1) is 19.9. The number of amides is 2. The molecule has 148 valence electrons. The van der Waals surface area contributed by atoms with Crippen molar-refractivity contribution in [1.82, 2.24) is 0 Å². The fourth-order valence-electron chi connectivity index (χ4n) is 2.59. The summed E-state index contributed by atoms with van der Waals surface area (Å²) in [5.41, 5.74) is 2.00. The minimum Gasteiger partial charge on any atom is -0.492 e. The predicted octanol–water partition coefficient (Wildman–Crippen LogP) is 4.24. The summed E-state index contributed by atoms with van der Waals surface area (Å²) in [6, 6.07) is 23.6. The Morgan fingerprint density at radius 3 is 2.14 bits per heavy atom. The van der Waals surface area contributed by atoms with E-state index in [1.807, 2.05) is 37.3 Å². The van der Waals surface area contributed by atoms with E-state index in [-0.39, 0.29) is 0 Å². The molecular formula is C23H22N2O4. The summed E-state index contributed by atoms with van der Waals surface area (Å²) in [6.07, 6.45) is 0. The number of anilines is 2. The van der Waals surface area contributed by atoms with Crippen LogP contribution in [-0.4, -0.2) is 18.4 Å². The standard InChI is InChI=1S/C23H22N2O4/c1-2-28-21-11-7-6-10-20(21)25-23(27)22(26)24-18-12-14-19(15-13-18)29-16-17-8-4-3-5-9-17/h3-15H,2,16H2,1H3,(H,24,26)(H,25,27). The fourth-order valence-corrected chi connectivity index (χ4v) is 2.59. The van der Waals surface area contributed by atoms with Crippen LogP contribution in [0.2, 0.25) is 0 Å². The van der Waals surface area contributed by atoms with Gasteiger partial charge in [-0.3, -0.25) is 9.59 Å². The molecule has 0 aliphatic heterocycles. The number of benzene rings is 3. The molecule has 0 spiro atoms. The lowest BCUT2D eigenvalue weighted by molar-refractivity contribution is -0.133. The van der Waals surface area contributed by atoms with Gasteiger partial charge in [0.15, 0.2) is 0 Å². The molecule has 3 aromatic carbocycles. The first-order chi connectivity index (χ1) is 14.2. The Morgan fingerprint density at radius 1 is 0.759 bits per heavy atom. The molecule has 0 radical (unpaired) electrons. The van der Waals surface area contributed by atoms with Gasteiger partial charge in [-0.15, -0.1) is 0 Å². The van der Waals surface area contributed by atoms with Crippen LogP contribution in [-0.2, 0) is 16.2 Å². The number of ether oxygens (including phenoxy) is 2. The first-order valence-corrected chi connectivity index (χ1v) is 9.26. The minimum atomic E-state index is -0.776. The SMILES string of the molecule is CCOc1ccccc1NC(=O)C(=O)Nc1ccc(OCc2ccccc2)cc1. The first-order valence-electron chi connectivity index (χ1n) is 9.26. The maximum atomic E-state index is 12.2. The van der Waals surface area contributed by atoms with Gasteiger partial charge in [-0.05, 0) is 48.9 Å². The van der Waals surface area contributed by atoms with Crippen molar-refractivity contribution >= 4 is 23.2 Å². The van der Waals surface area contributed by atoms with E-state index in [0.717, 1.165) is 5.56 Å². The summed E-state index contributed by atoms with van der Waals surface area (Å²) >= 11 is 0. The molecular weight excluding hydrogens is 368 g/mol. The van der Waals surface area contributed by atoms with Gasteiger partial charge in [-0.25, -0.2) is 0 Å². The minimum absolute atomic E-state index is 0.444. The molecule has 0 saturated heterocycles. The quantitative estimate of drug-likeness (QED) is 0.592. The second-order valence-corrected chi connectivity index (χ2v) is 6.14. The summed E-state index contributed by atoms with van der Waals surface area (Å²) in [5, 5.41) is 5.13. The number of nitrogens with one attached hydrogen (secondary N) is 2. The third-order valence-electron chi connectivity index (χ3n) is 4.00. The van der Waals surface area contributed by atoms with Gasteiger partial charge in [0.1, 0.15) is 18.1 Å². The van der Waals surface area contributed by atoms with E-state index in [1.54, 1.807) is 48.5 Å². The molecule has 0 aliphatic rings. The molecule has 2 amide bonds. The molecule has 0 aromatic heterocycles. The number of hydrogen-bond acceptors (Lipinski definition) is 4. The van der Waals surface area contributed by atoms with Crippen molar-refractivity contribution in [3.63, 3.8) is 0 Å². The second kappa shape index (κ2) is 9.94. The van der Waals surface area contributed by atoms with Crippen LogP contribution in [0.15, 0.2) is 78.9 Å². The Labute approximate surface area is 169 Å². The molecule has 6 heteroatoms. The average molecular weight is 390 g/mol. The van der Waals surface area contributed by atoms with Gasteiger partial charge in [0, 0.05) is 5.69 Å². The van der Waals surface area contributed by atoms with Crippen molar-refractivity contribution in [2.45, 2.75) is 13.5 Å². The van der Waals surface area contributed by atoms with Gasteiger partial charge in [-0.2, -0.15) is 0 Å². The van der Waals surface area contributed by atoms with Crippen LogP contribution in [0, 0.1) is 0 Å². The summed E-state index contributed by atoms with van der Waals surface area (Å²) in [4.78, 5) is 24.4. The zero-order valence-electron chi connectivity index (χ0n) is 16.1. The van der Waals surface area contributed by atoms with E-state index in [0.29, 0.717) is 36.1 Å².